The van der Waals surface area contributed by atoms with Crippen molar-refractivity contribution in [1.29, 1.82) is 5.26 Å². The molecule has 1 heterocycles. The number of carbonyl (C=O) groups excluding carboxylic acids is 1. The summed E-state index contributed by atoms with van der Waals surface area (Å²) in [6.45, 7) is 6.09. The summed E-state index contributed by atoms with van der Waals surface area (Å²) in [5.41, 5.74) is 0.738. The van der Waals surface area contributed by atoms with Crippen LogP contribution in [0, 0.1) is 11.2 Å². The van der Waals surface area contributed by atoms with Gasteiger partial charge in [0.25, 0.3) is 6.71 Å². The van der Waals surface area contributed by atoms with Crippen LogP contribution < -0.4 is 4.90 Å². The molecule has 0 unspecified atom stereocenters. The largest absolute Gasteiger partial charge is 0.480 e. The topological polar surface area (TPSA) is 84.6 Å². The van der Waals surface area contributed by atoms with Crippen LogP contribution in [-0.2, 0) is 9.59 Å². The van der Waals surface area contributed by atoms with Crippen molar-refractivity contribution in [2.75, 3.05) is 18.1 Å². The zero-order valence-electron chi connectivity index (χ0n) is 15.9. The lowest BCUT2D eigenvalue weighted by Crippen LogP contribution is -2.54. The van der Waals surface area contributed by atoms with Gasteiger partial charge in [0.2, 0.25) is 6.41 Å². The van der Waals surface area contributed by atoms with Gasteiger partial charge < -0.3 is 14.9 Å². The summed E-state index contributed by atoms with van der Waals surface area (Å²) >= 11 is 0. The Morgan fingerprint density at radius 1 is 1.31 bits per heavy atom. The van der Waals surface area contributed by atoms with Crippen LogP contribution in [0.4, 0.5) is 5.69 Å². The van der Waals surface area contributed by atoms with E-state index in [1.54, 1.807) is 0 Å². The summed E-state index contributed by atoms with van der Waals surface area (Å²) in [5, 5.41) is 18.1. The quantitative estimate of drug-likeness (QED) is 0.460. The first-order chi connectivity index (χ1) is 12.5. The van der Waals surface area contributed by atoms with Crippen molar-refractivity contribution >= 4 is 24.8 Å². The number of hydrogen-bond donors (Lipinski definition) is 1. The van der Waals surface area contributed by atoms with Crippen molar-refractivity contribution in [1.82, 2.24) is 4.90 Å². The predicted molar refractivity (Wildman–Crippen MR) is 104 cm³/mol. The van der Waals surface area contributed by atoms with Gasteiger partial charge >= 0.3 is 5.97 Å². The third-order valence-corrected chi connectivity index (χ3v) is 4.78. The molecule has 0 radical (unpaired) electrons. The number of nitrogens with zero attached hydrogens (tertiary/aromatic N) is 3. The first kappa shape index (κ1) is 21.6. The van der Waals surface area contributed by atoms with Crippen molar-refractivity contribution in [2.45, 2.75) is 51.8 Å². The highest BCUT2D eigenvalue weighted by atomic mass is 16.4. The van der Waals surface area contributed by atoms with E-state index in [1.807, 2.05) is 44.2 Å². The van der Waals surface area contributed by atoms with E-state index in [4.69, 9.17) is 10.4 Å². The summed E-state index contributed by atoms with van der Waals surface area (Å²) < 4.78 is 0. The SMILES string of the molecule is CC.CC1(N(CN(C=O)CC(=O)O)c2ccccc2)CCB(C#N)CC1. The third-order valence-electron chi connectivity index (χ3n) is 4.78. The summed E-state index contributed by atoms with van der Waals surface area (Å²) in [6, 6.07) is 9.70. The number of amides is 1. The first-order valence-corrected chi connectivity index (χ1v) is 9.12. The van der Waals surface area contributed by atoms with Crippen molar-refractivity contribution in [2.24, 2.45) is 0 Å². The van der Waals surface area contributed by atoms with E-state index in [1.165, 1.54) is 4.90 Å². The normalized spacial score (nSPS) is 15.1. The van der Waals surface area contributed by atoms with Crippen LogP contribution >= 0.6 is 0 Å². The summed E-state index contributed by atoms with van der Waals surface area (Å²) in [4.78, 5) is 25.6. The van der Waals surface area contributed by atoms with Gasteiger partial charge in [-0.05, 0) is 31.9 Å². The van der Waals surface area contributed by atoms with E-state index in [0.29, 0.717) is 6.41 Å². The minimum absolute atomic E-state index is 0.0805. The lowest BCUT2D eigenvalue weighted by molar-refractivity contribution is -0.140. The van der Waals surface area contributed by atoms with Gasteiger partial charge in [0, 0.05) is 17.2 Å². The zero-order chi connectivity index (χ0) is 19.6. The second kappa shape index (κ2) is 10.5. The molecule has 0 atom stereocenters. The van der Waals surface area contributed by atoms with Crippen molar-refractivity contribution in [3.05, 3.63) is 30.3 Å². The van der Waals surface area contributed by atoms with E-state index in [9.17, 15) is 9.59 Å². The number of carboxylic acids is 1. The van der Waals surface area contributed by atoms with E-state index in [2.05, 4.69) is 17.8 Å². The van der Waals surface area contributed by atoms with Gasteiger partial charge in [-0.25, -0.2) is 5.26 Å². The second-order valence-electron chi connectivity index (χ2n) is 6.55. The molecule has 6 nitrogen and oxygen atoms in total. The Labute approximate surface area is 156 Å². The number of carboxylic acid groups (broad SMARTS) is 1. The molecule has 1 aliphatic heterocycles. The predicted octanol–water partition coefficient (Wildman–Crippen LogP) is 3.13. The molecule has 7 heteroatoms. The summed E-state index contributed by atoms with van der Waals surface area (Å²) in [7, 11) is 0. The molecule has 0 spiro atoms. The average molecular weight is 357 g/mol. The fraction of sp³-hybridized carbons (Fsp3) is 0.526. The highest BCUT2D eigenvalue weighted by Gasteiger charge is 2.38. The minimum Gasteiger partial charge on any atom is -0.480 e. The maximum absolute atomic E-state index is 11.3. The molecule has 1 aliphatic rings. The van der Waals surface area contributed by atoms with E-state index in [-0.39, 0.29) is 25.5 Å². The molecule has 1 N–H and O–H groups in total. The molecule has 0 saturated carbocycles. The van der Waals surface area contributed by atoms with Gasteiger partial charge in [-0.3, -0.25) is 9.59 Å². The molecule has 2 rings (SSSR count). The van der Waals surface area contributed by atoms with Gasteiger partial charge in [0.15, 0.2) is 0 Å². The van der Waals surface area contributed by atoms with E-state index < -0.39 is 5.97 Å². The average Bonchev–Trinajstić information content (AvgIpc) is 2.67. The summed E-state index contributed by atoms with van der Waals surface area (Å²) in [6.07, 6.45) is 3.88. The monoisotopic (exact) mass is 357 g/mol. The van der Waals surface area contributed by atoms with Gasteiger partial charge in [0.05, 0.1) is 6.67 Å². The van der Waals surface area contributed by atoms with Gasteiger partial charge in [-0.1, -0.05) is 44.7 Å². The third kappa shape index (κ3) is 5.80. The molecule has 0 aliphatic carbocycles. The molecule has 140 valence electrons. The molecule has 1 saturated heterocycles. The molecule has 1 fully saturated rings. The van der Waals surface area contributed by atoms with Gasteiger partial charge in [0.1, 0.15) is 6.54 Å². The van der Waals surface area contributed by atoms with Crippen molar-refractivity contribution in [3.63, 3.8) is 0 Å². The number of rotatable bonds is 7. The molecular formula is C19H28BN3O3. The Kier molecular flexibility index (Phi) is 8.70. The first-order valence-electron chi connectivity index (χ1n) is 9.12. The number of aliphatic carboxylic acids is 1. The Morgan fingerprint density at radius 2 is 1.88 bits per heavy atom. The minimum atomic E-state index is -1.03. The van der Waals surface area contributed by atoms with Crippen LogP contribution in [0.15, 0.2) is 30.3 Å². The van der Waals surface area contributed by atoms with Crippen LogP contribution in [0.1, 0.15) is 33.6 Å². The fourth-order valence-corrected chi connectivity index (χ4v) is 3.29. The van der Waals surface area contributed by atoms with Crippen LogP contribution in [0.2, 0.25) is 12.6 Å². The number of carbonyl (C=O) groups is 2. The second-order valence-corrected chi connectivity index (χ2v) is 6.55. The molecule has 1 aromatic carbocycles. The smallest absolute Gasteiger partial charge is 0.323 e. The Hall–Kier alpha value is -2.49. The number of para-hydroxylation sites is 1. The molecule has 26 heavy (non-hydrogen) atoms. The van der Waals surface area contributed by atoms with Crippen molar-refractivity contribution < 1.29 is 14.7 Å². The fourth-order valence-electron chi connectivity index (χ4n) is 3.29. The maximum Gasteiger partial charge on any atom is 0.323 e. The van der Waals surface area contributed by atoms with E-state index >= 15 is 0 Å². The Morgan fingerprint density at radius 3 is 2.35 bits per heavy atom. The number of nitriles is 1. The Balaban J connectivity index is 0.00000163. The van der Waals surface area contributed by atoms with Gasteiger partial charge in [-0.2, -0.15) is 0 Å². The molecule has 0 aromatic heterocycles. The lowest BCUT2D eigenvalue weighted by atomic mass is 9.41. The molecule has 0 bridgehead atoms. The summed E-state index contributed by atoms with van der Waals surface area (Å²) in [5.74, 6) is 1.30. The Bertz CT molecular complexity index is 610. The number of anilines is 1. The highest BCUT2D eigenvalue weighted by Crippen LogP contribution is 2.37. The standard InChI is InChI=1S/C17H22BN3O3.C2H6/c1-17(7-9-18(12-19)10-8-17)21(15-5-3-2-4-6-15)13-20(14-22)11-16(23)24;1-2/h2-6,14H,7-11,13H2,1H3,(H,23,24);1-2H3. The maximum atomic E-state index is 11.3. The highest BCUT2D eigenvalue weighted by molar-refractivity contribution is 6.67. The molecule has 1 aromatic rings. The van der Waals surface area contributed by atoms with Crippen LogP contribution in [-0.4, -0.2) is 47.9 Å². The zero-order valence-corrected chi connectivity index (χ0v) is 15.9. The number of benzene rings is 1. The molecular weight excluding hydrogens is 329 g/mol. The van der Waals surface area contributed by atoms with E-state index in [0.717, 1.165) is 31.2 Å². The lowest BCUT2D eigenvalue weighted by Gasteiger charge is -2.47. The molecule has 1 amide bonds. The van der Waals surface area contributed by atoms with Crippen molar-refractivity contribution in [3.8, 4) is 5.97 Å². The van der Waals surface area contributed by atoms with Crippen LogP contribution in [0.3, 0.4) is 0 Å². The van der Waals surface area contributed by atoms with Gasteiger partial charge in [-0.15, -0.1) is 0 Å². The van der Waals surface area contributed by atoms with Crippen LogP contribution in [0.25, 0.3) is 0 Å². The van der Waals surface area contributed by atoms with Crippen LogP contribution in [0.5, 0.6) is 0 Å². The number of hydrogen-bond acceptors (Lipinski definition) is 4.